The number of rotatable bonds is 5. The maximum atomic E-state index is 12.2. The van der Waals surface area contributed by atoms with Crippen molar-refractivity contribution in [3.63, 3.8) is 0 Å². The quantitative estimate of drug-likeness (QED) is 0.750. The number of hydrogen-bond acceptors (Lipinski definition) is 4. The second-order valence-electron chi connectivity index (χ2n) is 5.29. The van der Waals surface area contributed by atoms with Gasteiger partial charge in [-0.15, -0.1) is 0 Å². The predicted molar refractivity (Wildman–Crippen MR) is 71.1 cm³/mol. The zero-order valence-corrected chi connectivity index (χ0v) is 12.2. The standard InChI is InChI=1S/C13H22N2O5/c1-9(12(18)20-3)7-14(2)13(19)15-5-4-10(8-15)6-11(16)17/h9-10H,4-8H2,1-3H3,(H,16,17). The fraction of sp³-hybridized carbons (Fsp3) is 0.769. The van der Waals surface area contributed by atoms with Gasteiger partial charge in [-0.1, -0.05) is 6.92 Å². The molecule has 0 aliphatic carbocycles. The zero-order valence-electron chi connectivity index (χ0n) is 12.2. The Bertz CT molecular complexity index is 385. The molecule has 1 aliphatic rings. The Morgan fingerprint density at radius 3 is 2.65 bits per heavy atom. The van der Waals surface area contributed by atoms with Crippen molar-refractivity contribution in [2.75, 3.05) is 33.8 Å². The maximum absolute atomic E-state index is 12.2. The second kappa shape index (κ2) is 7.12. The molecule has 1 aliphatic heterocycles. The SMILES string of the molecule is COC(=O)C(C)CN(C)C(=O)N1CCC(CC(=O)O)C1. The van der Waals surface area contributed by atoms with Crippen LogP contribution >= 0.6 is 0 Å². The van der Waals surface area contributed by atoms with Crippen LogP contribution < -0.4 is 0 Å². The number of carboxylic acid groups (broad SMARTS) is 1. The fourth-order valence-electron chi connectivity index (χ4n) is 2.43. The van der Waals surface area contributed by atoms with Gasteiger partial charge in [0.15, 0.2) is 0 Å². The van der Waals surface area contributed by atoms with E-state index < -0.39 is 5.97 Å². The highest BCUT2D eigenvalue weighted by molar-refractivity contribution is 5.77. The number of hydrogen-bond donors (Lipinski definition) is 1. The minimum atomic E-state index is -0.836. The van der Waals surface area contributed by atoms with E-state index in [2.05, 4.69) is 4.74 Å². The minimum absolute atomic E-state index is 0.0166. The lowest BCUT2D eigenvalue weighted by Gasteiger charge is -2.26. The summed E-state index contributed by atoms with van der Waals surface area (Å²) in [4.78, 5) is 37.3. The van der Waals surface area contributed by atoms with E-state index in [-0.39, 0.29) is 36.8 Å². The first-order valence-corrected chi connectivity index (χ1v) is 6.64. The highest BCUT2D eigenvalue weighted by atomic mass is 16.5. The van der Waals surface area contributed by atoms with Crippen LogP contribution in [-0.4, -0.2) is 66.7 Å². The number of carboxylic acids is 1. The van der Waals surface area contributed by atoms with Gasteiger partial charge < -0.3 is 19.6 Å². The minimum Gasteiger partial charge on any atom is -0.481 e. The molecule has 1 saturated heterocycles. The summed E-state index contributed by atoms with van der Waals surface area (Å²) in [6.07, 6.45) is 0.796. The number of likely N-dealkylation sites (tertiary alicyclic amines) is 1. The van der Waals surface area contributed by atoms with Gasteiger partial charge >= 0.3 is 18.0 Å². The van der Waals surface area contributed by atoms with Crippen LogP contribution in [0.5, 0.6) is 0 Å². The van der Waals surface area contributed by atoms with Crippen LogP contribution in [0.1, 0.15) is 19.8 Å². The van der Waals surface area contributed by atoms with E-state index in [0.717, 1.165) is 0 Å². The van der Waals surface area contributed by atoms with Gasteiger partial charge in [0, 0.05) is 33.1 Å². The fourth-order valence-corrected chi connectivity index (χ4v) is 2.43. The first-order valence-electron chi connectivity index (χ1n) is 6.64. The summed E-state index contributed by atoms with van der Waals surface area (Å²) in [6, 6.07) is -0.173. The molecule has 20 heavy (non-hydrogen) atoms. The molecular formula is C13H22N2O5. The molecule has 7 heteroatoms. The van der Waals surface area contributed by atoms with Gasteiger partial charge in [-0.3, -0.25) is 9.59 Å². The summed E-state index contributed by atoms with van der Waals surface area (Å²) in [7, 11) is 2.95. The molecule has 2 amide bonds. The number of methoxy groups -OCH3 is 1. The number of carbonyl (C=O) groups excluding carboxylic acids is 2. The molecule has 1 heterocycles. The van der Waals surface area contributed by atoms with Crippen molar-refractivity contribution in [2.24, 2.45) is 11.8 Å². The average Bonchev–Trinajstić information content (AvgIpc) is 2.84. The largest absolute Gasteiger partial charge is 0.481 e. The average molecular weight is 286 g/mol. The summed E-state index contributed by atoms with van der Waals surface area (Å²) in [5.41, 5.74) is 0. The third-order valence-electron chi connectivity index (χ3n) is 3.50. The molecule has 0 radical (unpaired) electrons. The third kappa shape index (κ3) is 4.40. The second-order valence-corrected chi connectivity index (χ2v) is 5.29. The van der Waals surface area contributed by atoms with Gasteiger partial charge in [0.05, 0.1) is 13.0 Å². The number of nitrogens with zero attached hydrogens (tertiary/aromatic N) is 2. The summed E-state index contributed by atoms with van der Waals surface area (Å²) >= 11 is 0. The van der Waals surface area contributed by atoms with Crippen molar-refractivity contribution >= 4 is 18.0 Å². The molecular weight excluding hydrogens is 264 g/mol. The van der Waals surface area contributed by atoms with E-state index in [1.54, 1.807) is 18.9 Å². The lowest BCUT2D eigenvalue weighted by atomic mass is 10.1. The topological polar surface area (TPSA) is 87.2 Å². The van der Waals surface area contributed by atoms with Crippen LogP contribution in [0.2, 0.25) is 0 Å². The van der Waals surface area contributed by atoms with Crippen molar-refractivity contribution in [3.05, 3.63) is 0 Å². The molecule has 2 unspecified atom stereocenters. The molecule has 1 fully saturated rings. The lowest BCUT2D eigenvalue weighted by Crippen LogP contribution is -2.42. The van der Waals surface area contributed by atoms with Crippen molar-refractivity contribution in [1.29, 1.82) is 0 Å². The van der Waals surface area contributed by atoms with Crippen LogP contribution in [0.4, 0.5) is 4.79 Å². The van der Waals surface area contributed by atoms with Gasteiger partial charge in [0.25, 0.3) is 0 Å². The molecule has 0 aromatic carbocycles. The number of urea groups is 1. The Balaban J connectivity index is 2.46. The van der Waals surface area contributed by atoms with E-state index >= 15 is 0 Å². The van der Waals surface area contributed by atoms with E-state index in [0.29, 0.717) is 19.5 Å². The van der Waals surface area contributed by atoms with Gasteiger partial charge in [-0.05, 0) is 12.3 Å². The van der Waals surface area contributed by atoms with Crippen LogP contribution in [0, 0.1) is 11.8 Å². The van der Waals surface area contributed by atoms with E-state index in [9.17, 15) is 14.4 Å². The Morgan fingerprint density at radius 1 is 1.45 bits per heavy atom. The molecule has 7 nitrogen and oxygen atoms in total. The summed E-state index contributed by atoms with van der Waals surface area (Å²) in [6.45, 7) is 3.01. The molecule has 1 rings (SSSR count). The predicted octanol–water partition coefficient (Wildman–Crippen LogP) is 0.644. The number of esters is 1. The van der Waals surface area contributed by atoms with Crippen molar-refractivity contribution in [1.82, 2.24) is 9.80 Å². The summed E-state index contributed by atoms with van der Waals surface area (Å²) < 4.78 is 4.62. The summed E-state index contributed by atoms with van der Waals surface area (Å²) in [5.74, 6) is -1.55. The number of carbonyl (C=O) groups is 3. The van der Waals surface area contributed by atoms with E-state index in [1.807, 2.05) is 0 Å². The van der Waals surface area contributed by atoms with E-state index in [1.165, 1.54) is 12.0 Å². The Morgan fingerprint density at radius 2 is 2.10 bits per heavy atom. The van der Waals surface area contributed by atoms with Crippen molar-refractivity contribution in [3.8, 4) is 0 Å². The molecule has 2 atom stereocenters. The molecule has 0 saturated carbocycles. The number of ether oxygens (including phenoxy) is 1. The van der Waals surface area contributed by atoms with Crippen LogP contribution in [-0.2, 0) is 14.3 Å². The van der Waals surface area contributed by atoms with E-state index in [4.69, 9.17) is 5.11 Å². The first-order chi connectivity index (χ1) is 9.35. The lowest BCUT2D eigenvalue weighted by molar-refractivity contribution is -0.145. The van der Waals surface area contributed by atoms with Gasteiger partial charge in [-0.2, -0.15) is 0 Å². The van der Waals surface area contributed by atoms with Crippen molar-refractivity contribution in [2.45, 2.75) is 19.8 Å². The Kier molecular flexibility index (Phi) is 5.79. The summed E-state index contributed by atoms with van der Waals surface area (Å²) in [5, 5.41) is 8.75. The zero-order chi connectivity index (χ0) is 15.3. The molecule has 0 bridgehead atoms. The third-order valence-corrected chi connectivity index (χ3v) is 3.50. The Hall–Kier alpha value is -1.79. The molecule has 1 N–H and O–H groups in total. The van der Waals surface area contributed by atoms with Crippen LogP contribution in [0.25, 0.3) is 0 Å². The van der Waals surface area contributed by atoms with Gasteiger partial charge in [-0.25, -0.2) is 4.79 Å². The number of aliphatic carboxylic acids is 1. The maximum Gasteiger partial charge on any atom is 0.319 e. The monoisotopic (exact) mass is 286 g/mol. The smallest absolute Gasteiger partial charge is 0.319 e. The highest BCUT2D eigenvalue weighted by Gasteiger charge is 2.30. The molecule has 114 valence electrons. The molecule has 0 spiro atoms. The molecule has 0 aromatic rings. The normalized spacial score (nSPS) is 19.6. The Labute approximate surface area is 118 Å². The first kappa shape index (κ1) is 16.3. The van der Waals surface area contributed by atoms with Gasteiger partial charge in [0.1, 0.15) is 0 Å². The number of amides is 2. The van der Waals surface area contributed by atoms with Gasteiger partial charge in [0.2, 0.25) is 0 Å². The molecule has 0 aromatic heterocycles. The van der Waals surface area contributed by atoms with Crippen LogP contribution in [0.15, 0.2) is 0 Å². The highest BCUT2D eigenvalue weighted by Crippen LogP contribution is 2.20. The van der Waals surface area contributed by atoms with Crippen LogP contribution in [0.3, 0.4) is 0 Å². The van der Waals surface area contributed by atoms with Crippen molar-refractivity contribution < 1.29 is 24.2 Å².